The van der Waals surface area contributed by atoms with Crippen LogP contribution in [0.15, 0.2) is 0 Å². The molecule has 4 atom stereocenters. The van der Waals surface area contributed by atoms with Gasteiger partial charge in [0, 0.05) is 6.54 Å². The van der Waals surface area contributed by atoms with Crippen LogP contribution in [0.2, 0.25) is 0 Å². The Morgan fingerprint density at radius 1 is 1.00 bits per heavy atom. The largest absolute Gasteiger partial charge is 0.390 e. The Balaban J connectivity index is 3.99. The monoisotopic (exact) mass is 179 g/mol. The summed E-state index contributed by atoms with van der Waals surface area (Å²) in [6.45, 7) is 1.52. The number of aliphatic hydroxyl groups excluding tert-OH is 4. The molecule has 0 heterocycles. The standard InChI is InChI=1S/C7H17NO4/c1-2-4(9)6(11)7(12)5(10)3-8/h4-7,9-12H,2-3,8H2,1H3/t4-,5-,6-,7-/m1/s1. The summed E-state index contributed by atoms with van der Waals surface area (Å²) < 4.78 is 0. The zero-order chi connectivity index (χ0) is 9.72. The van der Waals surface area contributed by atoms with Gasteiger partial charge in [0.2, 0.25) is 0 Å². The van der Waals surface area contributed by atoms with Gasteiger partial charge in [-0.05, 0) is 6.42 Å². The predicted octanol–water partition coefficient (Wildman–Crippen LogP) is -2.20. The smallest absolute Gasteiger partial charge is 0.109 e. The molecule has 0 aromatic heterocycles. The van der Waals surface area contributed by atoms with Gasteiger partial charge < -0.3 is 26.2 Å². The Labute approximate surface area is 71.4 Å². The van der Waals surface area contributed by atoms with Crippen LogP contribution in [0, 0.1) is 0 Å². The van der Waals surface area contributed by atoms with Crippen LogP contribution < -0.4 is 5.73 Å². The van der Waals surface area contributed by atoms with Gasteiger partial charge in [-0.2, -0.15) is 0 Å². The van der Waals surface area contributed by atoms with Crippen LogP contribution in [0.1, 0.15) is 13.3 Å². The Hall–Kier alpha value is -0.200. The maximum Gasteiger partial charge on any atom is 0.109 e. The molecule has 74 valence electrons. The van der Waals surface area contributed by atoms with E-state index in [9.17, 15) is 5.11 Å². The van der Waals surface area contributed by atoms with Crippen LogP contribution in [0.25, 0.3) is 0 Å². The van der Waals surface area contributed by atoms with Gasteiger partial charge in [-0.1, -0.05) is 6.92 Å². The topological polar surface area (TPSA) is 107 Å². The maximum absolute atomic E-state index is 9.17. The van der Waals surface area contributed by atoms with Crippen LogP contribution in [0.3, 0.4) is 0 Å². The lowest BCUT2D eigenvalue weighted by Crippen LogP contribution is -2.46. The van der Waals surface area contributed by atoms with Crippen molar-refractivity contribution in [3.8, 4) is 0 Å². The van der Waals surface area contributed by atoms with Gasteiger partial charge >= 0.3 is 0 Å². The van der Waals surface area contributed by atoms with E-state index in [-0.39, 0.29) is 6.54 Å². The second-order valence-corrected chi connectivity index (χ2v) is 2.76. The summed E-state index contributed by atoms with van der Waals surface area (Å²) in [5.41, 5.74) is 5.05. The first-order chi connectivity index (χ1) is 5.54. The van der Waals surface area contributed by atoms with Crippen molar-refractivity contribution in [1.29, 1.82) is 0 Å². The lowest BCUT2D eigenvalue weighted by atomic mass is 10.0. The first kappa shape index (κ1) is 11.8. The van der Waals surface area contributed by atoms with E-state index in [2.05, 4.69) is 0 Å². The summed E-state index contributed by atoms with van der Waals surface area (Å²) in [6, 6.07) is 0. The first-order valence-corrected chi connectivity index (χ1v) is 3.96. The van der Waals surface area contributed by atoms with Gasteiger partial charge in [0.05, 0.1) is 12.2 Å². The van der Waals surface area contributed by atoms with E-state index < -0.39 is 24.4 Å². The van der Waals surface area contributed by atoms with Gasteiger partial charge in [0.1, 0.15) is 12.2 Å². The molecule has 0 fully saturated rings. The van der Waals surface area contributed by atoms with Gasteiger partial charge in [-0.3, -0.25) is 0 Å². The van der Waals surface area contributed by atoms with E-state index >= 15 is 0 Å². The zero-order valence-corrected chi connectivity index (χ0v) is 7.09. The molecule has 0 bridgehead atoms. The lowest BCUT2D eigenvalue weighted by Gasteiger charge is -2.24. The van der Waals surface area contributed by atoms with Crippen molar-refractivity contribution in [2.45, 2.75) is 37.8 Å². The van der Waals surface area contributed by atoms with Crippen LogP contribution >= 0.6 is 0 Å². The molecule has 0 aliphatic heterocycles. The summed E-state index contributed by atoms with van der Waals surface area (Å²) in [5, 5.41) is 36.4. The van der Waals surface area contributed by atoms with Gasteiger partial charge in [0.15, 0.2) is 0 Å². The number of hydrogen-bond acceptors (Lipinski definition) is 5. The number of aliphatic hydroxyl groups is 4. The summed E-state index contributed by atoms with van der Waals surface area (Å²) in [7, 11) is 0. The Kier molecular flexibility index (Phi) is 5.36. The normalized spacial score (nSPS) is 21.5. The van der Waals surface area contributed by atoms with Crippen LogP contribution in [0.4, 0.5) is 0 Å². The molecule has 0 saturated heterocycles. The van der Waals surface area contributed by atoms with E-state index in [0.29, 0.717) is 6.42 Å². The van der Waals surface area contributed by atoms with Crippen molar-refractivity contribution < 1.29 is 20.4 Å². The van der Waals surface area contributed by atoms with Crippen molar-refractivity contribution in [3.63, 3.8) is 0 Å². The van der Waals surface area contributed by atoms with Gasteiger partial charge in [-0.15, -0.1) is 0 Å². The molecule has 5 heteroatoms. The van der Waals surface area contributed by atoms with Gasteiger partial charge in [-0.25, -0.2) is 0 Å². The second kappa shape index (κ2) is 5.45. The quantitative estimate of drug-likeness (QED) is 0.329. The lowest BCUT2D eigenvalue weighted by molar-refractivity contribution is -0.102. The molecule has 0 aliphatic carbocycles. The molecule has 0 saturated carbocycles. The molecule has 0 aliphatic rings. The van der Waals surface area contributed by atoms with Crippen molar-refractivity contribution in [1.82, 2.24) is 0 Å². The Morgan fingerprint density at radius 3 is 1.75 bits per heavy atom. The SMILES string of the molecule is CC[C@@H](O)[C@@H](O)[C@H](O)[C@H](O)CN. The molecular formula is C7H17NO4. The molecule has 0 rings (SSSR count). The fourth-order valence-electron chi connectivity index (χ4n) is 0.836. The minimum atomic E-state index is -1.38. The first-order valence-electron chi connectivity index (χ1n) is 3.96. The average Bonchev–Trinajstić information content (AvgIpc) is 2.12. The molecule has 0 spiro atoms. The molecule has 6 N–H and O–H groups in total. The molecule has 12 heavy (non-hydrogen) atoms. The highest BCUT2D eigenvalue weighted by Crippen LogP contribution is 2.06. The van der Waals surface area contributed by atoms with Crippen molar-refractivity contribution in [2.24, 2.45) is 5.73 Å². The highest BCUT2D eigenvalue weighted by atomic mass is 16.4. The highest BCUT2D eigenvalue weighted by Gasteiger charge is 2.28. The third kappa shape index (κ3) is 3.04. The fraction of sp³-hybridized carbons (Fsp3) is 1.00. The second-order valence-electron chi connectivity index (χ2n) is 2.76. The number of rotatable bonds is 5. The highest BCUT2D eigenvalue weighted by molar-refractivity contribution is 4.80. The van der Waals surface area contributed by atoms with Crippen LogP contribution in [-0.4, -0.2) is 51.4 Å². The van der Waals surface area contributed by atoms with E-state index in [0.717, 1.165) is 0 Å². The molecular weight excluding hydrogens is 162 g/mol. The Bertz CT molecular complexity index is 108. The van der Waals surface area contributed by atoms with E-state index in [1.807, 2.05) is 0 Å². The maximum atomic E-state index is 9.17. The molecule has 0 unspecified atom stereocenters. The Morgan fingerprint density at radius 2 is 1.42 bits per heavy atom. The fourth-order valence-corrected chi connectivity index (χ4v) is 0.836. The van der Waals surface area contributed by atoms with Crippen LogP contribution in [-0.2, 0) is 0 Å². The third-order valence-corrected chi connectivity index (χ3v) is 1.80. The molecule has 0 aromatic rings. The minimum absolute atomic E-state index is 0.144. The van der Waals surface area contributed by atoms with E-state index in [1.54, 1.807) is 6.92 Å². The van der Waals surface area contributed by atoms with Crippen molar-refractivity contribution >= 4 is 0 Å². The molecule has 5 nitrogen and oxygen atoms in total. The molecule has 0 radical (unpaired) electrons. The van der Waals surface area contributed by atoms with Crippen molar-refractivity contribution in [3.05, 3.63) is 0 Å². The summed E-state index contributed by atoms with van der Waals surface area (Å²) in [4.78, 5) is 0. The third-order valence-electron chi connectivity index (χ3n) is 1.80. The molecule has 0 amide bonds. The van der Waals surface area contributed by atoms with E-state index in [1.165, 1.54) is 0 Å². The summed E-state index contributed by atoms with van der Waals surface area (Å²) in [6.07, 6.45) is -4.63. The van der Waals surface area contributed by atoms with Crippen LogP contribution in [0.5, 0.6) is 0 Å². The van der Waals surface area contributed by atoms with E-state index in [4.69, 9.17) is 21.1 Å². The average molecular weight is 179 g/mol. The predicted molar refractivity (Wildman–Crippen MR) is 43.4 cm³/mol. The van der Waals surface area contributed by atoms with Gasteiger partial charge in [0.25, 0.3) is 0 Å². The zero-order valence-electron chi connectivity index (χ0n) is 7.09. The number of nitrogens with two attached hydrogens (primary N) is 1. The number of hydrogen-bond donors (Lipinski definition) is 5. The molecule has 0 aromatic carbocycles. The van der Waals surface area contributed by atoms with Crippen molar-refractivity contribution in [2.75, 3.05) is 6.54 Å². The minimum Gasteiger partial charge on any atom is -0.390 e. The summed E-state index contributed by atoms with van der Waals surface area (Å²) in [5.74, 6) is 0. The summed E-state index contributed by atoms with van der Waals surface area (Å²) >= 11 is 0.